The number of carbonyl (C=O) groups is 1. The van der Waals surface area contributed by atoms with E-state index in [0.29, 0.717) is 5.75 Å². The van der Waals surface area contributed by atoms with E-state index in [1.807, 2.05) is 30.3 Å². The fourth-order valence-electron chi connectivity index (χ4n) is 2.18. The molecule has 0 saturated carbocycles. The third-order valence-electron chi connectivity index (χ3n) is 3.31. The normalized spacial score (nSPS) is 10.5. The quantitative estimate of drug-likeness (QED) is 0.304. The molecule has 5 nitrogen and oxygen atoms in total. The van der Waals surface area contributed by atoms with E-state index in [0.717, 1.165) is 16.8 Å². The summed E-state index contributed by atoms with van der Waals surface area (Å²) < 4.78 is 5.28. The van der Waals surface area contributed by atoms with Gasteiger partial charge in [-0.2, -0.15) is 0 Å². The largest absolute Gasteiger partial charge is 0.423 e. The van der Waals surface area contributed by atoms with E-state index < -0.39 is 10.9 Å². The summed E-state index contributed by atoms with van der Waals surface area (Å²) in [6.07, 6.45) is 0. The standard InChI is InChI=1S/C17H10ClNO4/c18-15-8-6-13(10-16(15)19(21)22)17(20)23-14-7-5-11-3-1-2-4-12(11)9-14/h1-10H. The van der Waals surface area contributed by atoms with E-state index in [1.54, 1.807) is 12.1 Å². The molecule has 0 aliphatic rings. The highest BCUT2D eigenvalue weighted by molar-refractivity contribution is 6.32. The van der Waals surface area contributed by atoms with E-state index in [2.05, 4.69) is 0 Å². The van der Waals surface area contributed by atoms with Crippen molar-refractivity contribution in [2.75, 3.05) is 0 Å². The number of halogens is 1. The predicted molar refractivity (Wildman–Crippen MR) is 87.0 cm³/mol. The molecular weight excluding hydrogens is 318 g/mol. The van der Waals surface area contributed by atoms with Gasteiger partial charge in [0.25, 0.3) is 5.69 Å². The Hall–Kier alpha value is -2.92. The highest BCUT2D eigenvalue weighted by atomic mass is 35.5. The maximum atomic E-state index is 12.1. The fraction of sp³-hybridized carbons (Fsp3) is 0. The van der Waals surface area contributed by atoms with Gasteiger partial charge in [-0.05, 0) is 35.0 Å². The van der Waals surface area contributed by atoms with Gasteiger partial charge < -0.3 is 4.74 Å². The fourth-order valence-corrected chi connectivity index (χ4v) is 2.36. The van der Waals surface area contributed by atoms with E-state index in [1.165, 1.54) is 12.1 Å². The van der Waals surface area contributed by atoms with Crippen molar-refractivity contribution >= 4 is 34.0 Å². The van der Waals surface area contributed by atoms with Gasteiger partial charge in [0.05, 0.1) is 10.5 Å². The number of hydrogen-bond acceptors (Lipinski definition) is 4. The number of esters is 1. The molecule has 0 aromatic heterocycles. The Balaban J connectivity index is 1.88. The van der Waals surface area contributed by atoms with E-state index >= 15 is 0 Å². The van der Waals surface area contributed by atoms with Gasteiger partial charge in [0.15, 0.2) is 0 Å². The van der Waals surface area contributed by atoms with Crippen molar-refractivity contribution in [3.05, 3.63) is 81.4 Å². The van der Waals surface area contributed by atoms with E-state index in [-0.39, 0.29) is 16.3 Å². The van der Waals surface area contributed by atoms with Gasteiger partial charge in [0.2, 0.25) is 0 Å². The molecule has 0 aliphatic carbocycles. The van der Waals surface area contributed by atoms with Crippen molar-refractivity contribution in [1.29, 1.82) is 0 Å². The maximum absolute atomic E-state index is 12.1. The number of rotatable bonds is 3. The molecule has 23 heavy (non-hydrogen) atoms. The number of carbonyl (C=O) groups excluding carboxylic acids is 1. The van der Waals surface area contributed by atoms with Crippen molar-refractivity contribution in [3.63, 3.8) is 0 Å². The van der Waals surface area contributed by atoms with Gasteiger partial charge in [-0.3, -0.25) is 10.1 Å². The highest BCUT2D eigenvalue weighted by Gasteiger charge is 2.17. The second-order valence-corrected chi connectivity index (χ2v) is 5.23. The maximum Gasteiger partial charge on any atom is 0.343 e. The number of nitro groups is 1. The Kier molecular flexibility index (Phi) is 3.95. The van der Waals surface area contributed by atoms with Crippen molar-refractivity contribution in [2.24, 2.45) is 0 Å². The number of nitro benzene ring substituents is 1. The first-order valence-electron chi connectivity index (χ1n) is 6.69. The lowest BCUT2D eigenvalue weighted by atomic mass is 10.1. The average Bonchev–Trinajstić information content (AvgIpc) is 2.54. The second kappa shape index (κ2) is 6.06. The zero-order valence-corrected chi connectivity index (χ0v) is 12.5. The molecule has 3 rings (SSSR count). The first-order chi connectivity index (χ1) is 11.0. The Labute approximate surface area is 136 Å². The van der Waals surface area contributed by atoms with Crippen LogP contribution in [-0.2, 0) is 0 Å². The number of hydrogen-bond donors (Lipinski definition) is 0. The van der Waals surface area contributed by atoms with Crippen LogP contribution < -0.4 is 4.74 Å². The van der Waals surface area contributed by atoms with Crippen molar-refractivity contribution in [2.45, 2.75) is 0 Å². The van der Waals surface area contributed by atoms with E-state index in [9.17, 15) is 14.9 Å². The molecule has 3 aromatic carbocycles. The van der Waals surface area contributed by atoms with Crippen LogP contribution in [0.2, 0.25) is 5.02 Å². The molecule has 0 spiro atoms. The van der Waals surface area contributed by atoms with Gasteiger partial charge >= 0.3 is 5.97 Å². The average molecular weight is 328 g/mol. The first-order valence-corrected chi connectivity index (χ1v) is 7.07. The third-order valence-corrected chi connectivity index (χ3v) is 3.63. The second-order valence-electron chi connectivity index (χ2n) is 4.82. The number of nitrogens with zero attached hydrogens (tertiary/aromatic N) is 1. The topological polar surface area (TPSA) is 69.4 Å². The Morgan fingerprint density at radius 2 is 1.74 bits per heavy atom. The van der Waals surface area contributed by atoms with Gasteiger partial charge in [0, 0.05) is 6.07 Å². The summed E-state index contributed by atoms with van der Waals surface area (Å²) in [6.45, 7) is 0. The van der Waals surface area contributed by atoms with Gasteiger partial charge in [-0.25, -0.2) is 4.79 Å². The Morgan fingerprint density at radius 1 is 1.00 bits per heavy atom. The molecule has 0 atom stereocenters. The molecule has 0 radical (unpaired) electrons. The Morgan fingerprint density at radius 3 is 2.48 bits per heavy atom. The minimum Gasteiger partial charge on any atom is -0.423 e. The summed E-state index contributed by atoms with van der Waals surface area (Å²) in [5.41, 5.74) is -0.270. The summed E-state index contributed by atoms with van der Waals surface area (Å²) in [4.78, 5) is 22.4. The number of fused-ring (bicyclic) bond motifs is 1. The molecule has 0 amide bonds. The monoisotopic (exact) mass is 327 g/mol. The summed E-state index contributed by atoms with van der Waals surface area (Å²) in [5, 5.41) is 12.8. The van der Waals surface area contributed by atoms with Crippen LogP contribution in [0.25, 0.3) is 10.8 Å². The molecule has 0 saturated heterocycles. The molecule has 0 N–H and O–H groups in total. The van der Waals surface area contributed by atoms with Crippen molar-refractivity contribution in [1.82, 2.24) is 0 Å². The zero-order valence-electron chi connectivity index (χ0n) is 11.7. The molecule has 0 fully saturated rings. The molecule has 0 aliphatic heterocycles. The summed E-state index contributed by atoms with van der Waals surface area (Å²) in [7, 11) is 0. The van der Waals surface area contributed by atoms with Crippen molar-refractivity contribution < 1.29 is 14.5 Å². The van der Waals surface area contributed by atoms with Gasteiger partial charge in [0.1, 0.15) is 10.8 Å². The van der Waals surface area contributed by atoms with Gasteiger partial charge in [-0.15, -0.1) is 0 Å². The predicted octanol–water partition coefficient (Wildman–Crippen LogP) is 4.62. The van der Waals surface area contributed by atoms with Crippen molar-refractivity contribution in [3.8, 4) is 5.75 Å². The molecular formula is C17H10ClNO4. The lowest BCUT2D eigenvalue weighted by molar-refractivity contribution is -0.384. The van der Waals surface area contributed by atoms with Crippen LogP contribution >= 0.6 is 11.6 Å². The SMILES string of the molecule is O=C(Oc1ccc2ccccc2c1)c1ccc(Cl)c([N+](=O)[O-])c1. The smallest absolute Gasteiger partial charge is 0.343 e. The number of benzene rings is 3. The highest BCUT2D eigenvalue weighted by Crippen LogP contribution is 2.26. The first kappa shape index (κ1) is 15.0. The molecule has 0 unspecified atom stereocenters. The van der Waals surface area contributed by atoms with Crippen LogP contribution in [0.3, 0.4) is 0 Å². The zero-order chi connectivity index (χ0) is 16.4. The van der Waals surface area contributed by atoms with Crippen LogP contribution in [0, 0.1) is 10.1 Å². The van der Waals surface area contributed by atoms with E-state index in [4.69, 9.17) is 16.3 Å². The van der Waals surface area contributed by atoms with Crippen LogP contribution in [0.1, 0.15) is 10.4 Å². The summed E-state index contributed by atoms with van der Waals surface area (Å²) >= 11 is 5.73. The molecule has 6 heteroatoms. The Bertz CT molecular complexity index is 923. The minimum absolute atomic E-state index is 0.0303. The van der Waals surface area contributed by atoms with Crippen LogP contribution in [0.15, 0.2) is 60.7 Å². The van der Waals surface area contributed by atoms with Crippen LogP contribution in [0.4, 0.5) is 5.69 Å². The van der Waals surface area contributed by atoms with Crippen LogP contribution in [-0.4, -0.2) is 10.9 Å². The van der Waals surface area contributed by atoms with Crippen LogP contribution in [0.5, 0.6) is 5.75 Å². The van der Waals surface area contributed by atoms with Gasteiger partial charge in [-0.1, -0.05) is 41.9 Å². The lowest BCUT2D eigenvalue weighted by Gasteiger charge is -2.06. The minimum atomic E-state index is -0.681. The summed E-state index contributed by atoms with van der Waals surface area (Å²) in [5.74, 6) is -0.314. The molecule has 3 aromatic rings. The molecule has 114 valence electrons. The lowest BCUT2D eigenvalue weighted by Crippen LogP contribution is -2.09. The molecule has 0 heterocycles. The number of ether oxygens (including phenoxy) is 1. The summed E-state index contributed by atoms with van der Waals surface area (Å²) in [6, 6.07) is 16.7. The third kappa shape index (κ3) is 3.14. The molecule has 0 bridgehead atoms.